The van der Waals surface area contributed by atoms with Crippen LogP contribution in [0.2, 0.25) is 0 Å². The minimum Gasteiger partial charge on any atom is -0.444 e. The molecule has 4 rings (SSSR count). The summed E-state index contributed by atoms with van der Waals surface area (Å²) < 4.78 is 7.17. The van der Waals surface area contributed by atoms with Crippen molar-refractivity contribution < 1.29 is 9.53 Å². The molecule has 0 saturated heterocycles. The van der Waals surface area contributed by atoms with Gasteiger partial charge in [0.25, 0.3) is 0 Å². The Kier molecular flexibility index (Phi) is 5.07. The fourth-order valence-corrected chi connectivity index (χ4v) is 4.31. The van der Waals surface area contributed by atoms with Crippen LogP contribution in [0, 0.1) is 20.8 Å². The summed E-state index contributed by atoms with van der Waals surface area (Å²) in [4.78, 5) is 17.8. The third-order valence-corrected chi connectivity index (χ3v) is 5.87. The molecule has 0 saturated carbocycles. The van der Waals surface area contributed by atoms with Crippen molar-refractivity contribution in [3.05, 3.63) is 64.3 Å². The number of nitrogens with one attached hydrogen (secondary N) is 1. The zero-order valence-corrected chi connectivity index (χ0v) is 17.6. The van der Waals surface area contributed by atoms with E-state index in [-0.39, 0.29) is 6.61 Å². The zero-order chi connectivity index (χ0) is 20.5. The lowest BCUT2D eigenvalue weighted by Gasteiger charge is -2.06. The largest absolute Gasteiger partial charge is 0.444 e. The molecule has 0 bridgehead atoms. The van der Waals surface area contributed by atoms with E-state index in [4.69, 9.17) is 4.74 Å². The first-order chi connectivity index (χ1) is 13.9. The number of ether oxygens (including phenoxy) is 1. The van der Waals surface area contributed by atoms with Gasteiger partial charge in [-0.2, -0.15) is 5.10 Å². The lowest BCUT2D eigenvalue weighted by Crippen LogP contribution is -2.13. The van der Waals surface area contributed by atoms with Gasteiger partial charge in [0.15, 0.2) is 0 Å². The smallest absolute Gasteiger partial charge is 0.411 e. The molecule has 0 aliphatic heterocycles. The predicted molar refractivity (Wildman–Crippen MR) is 116 cm³/mol. The monoisotopic (exact) mass is 406 g/mol. The summed E-state index contributed by atoms with van der Waals surface area (Å²) in [6, 6.07) is 11.9. The molecule has 29 heavy (non-hydrogen) atoms. The third-order valence-electron chi connectivity index (χ3n) is 4.70. The second-order valence-corrected chi connectivity index (χ2v) is 8.21. The summed E-state index contributed by atoms with van der Waals surface area (Å²) in [7, 11) is 1.87. The molecule has 7 heteroatoms. The molecule has 148 valence electrons. The standard InChI is InChI=1S/C22H22N4O2S/c1-13-5-7-18(14(2)9-13)21-23-15(3)20(29-21)12-28-22(27)24-17-6-8-19-16(10-17)11-26(4)25-19/h5-11H,12H2,1-4H3,(H,24,27). The molecule has 0 spiro atoms. The molecular weight excluding hydrogens is 384 g/mol. The van der Waals surface area contributed by atoms with Crippen LogP contribution in [0.4, 0.5) is 10.5 Å². The zero-order valence-electron chi connectivity index (χ0n) is 16.8. The average molecular weight is 407 g/mol. The lowest BCUT2D eigenvalue weighted by molar-refractivity contribution is 0.156. The number of carbonyl (C=O) groups is 1. The van der Waals surface area contributed by atoms with Gasteiger partial charge in [-0.15, -0.1) is 11.3 Å². The Labute approximate surface area is 173 Å². The first kappa shape index (κ1) is 19.1. The molecule has 2 aromatic carbocycles. The summed E-state index contributed by atoms with van der Waals surface area (Å²) in [6.07, 6.45) is 1.41. The maximum absolute atomic E-state index is 12.2. The van der Waals surface area contributed by atoms with Crippen LogP contribution in [0.25, 0.3) is 21.5 Å². The number of benzene rings is 2. The van der Waals surface area contributed by atoms with Crippen LogP contribution in [-0.2, 0) is 18.4 Å². The summed E-state index contributed by atoms with van der Waals surface area (Å²) in [5.41, 5.74) is 5.97. The van der Waals surface area contributed by atoms with Gasteiger partial charge in [-0.1, -0.05) is 23.8 Å². The van der Waals surface area contributed by atoms with Crippen molar-refractivity contribution in [2.45, 2.75) is 27.4 Å². The molecule has 1 N–H and O–H groups in total. The molecule has 0 atom stereocenters. The Morgan fingerprint density at radius 2 is 2.00 bits per heavy atom. The molecule has 6 nitrogen and oxygen atoms in total. The SMILES string of the molecule is Cc1ccc(-c2nc(C)c(COC(=O)Nc3ccc4nn(C)cc4c3)s2)c(C)c1. The first-order valence-electron chi connectivity index (χ1n) is 9.30. The number of amides is 1. The number of aryl methyl sites for hydroxylation is 4. The fraction of sp³-hybridized carbons (Fsp3) is 0.227. The number of rotatable bonds is 4. The van der Waals surface area contributed by atoms with Crippen LogP contribution in [0.5, 0.6) is 0 Å². The van der Waals surface area contributed by atoms with E-state index in [1.807, 2.05) is 38.4 Å². The number of nitrogens with zero attached hydrogens (tertiary/aromatic N) is 3. The van der Waals surface area contributed by atoms with Crippen molar-refractivity contribution in [3.63, 3.8) is 0 Å². The number of thiazole rings is 1. The van der Waals surface area contributed by atoms with Crippen molar-refractivity contribution in [2.24, 2.45) is 7.05 Å². The van der Waals surface area contributed by atoms with Gasteiger partial charge in [-0.25, -0.2) is 9.78 Å². The molecule has 4 aromatic rings. The van der Waals surface area contributed by atoms with E-state index in [9.17, 15) is 4.79 Å². The molecular formula is C22H22N4O2S. The second-order valence-electron chi connectivity index (χ2n) is 7.12. The molecule has 0 aliphatic rings. The van der Waals surface area contributed by atoms with Crippen LogP contribution in [-0.4, -0.2) is 20.9 Å². The van der Waals surface area contributed by atoms with E-state index in [1.165, 1.54) is 11.1 Å². The van der Waals surface area contributed by atoms with Gasteiger partial charge in [0.2, 0.25) is 0 Å². The number of anilines is 1. The Morgan fingerprint density at radius 3 is 2.79 bits per heavy atom. The van der Waals surface area contributed by atoms with E-state index < -0.39 is 6.09 Å². The Balaban J connectivity index is 1.43. The van der Waals surface area contributed by atoms with E-state index in [0.717, 1.165) is 32.0 Å². The van der Waals surface area contributed by atoms with Gasteiger partial charge in [0.05, 0.1) is 16.1 Å². The van der Waals surface area contributed by atoms with Gasteiger partial charge in [0.1, 0.15) is 11.6 Å². The van der Waals surface area contributed by atoms with Crippen LogP contribution in [0.15, 0.2) is 42.6 Å². The maximum atomic E-state index is 12.2. The minimum absolute atomic E-state index is 0.190. The second kappa shape index (κ2) is 7.67. The number of hydrogen-bond donors (Lipinski definition) is 1. The summed E-state index contributed by atoms with van der Waals surface area (Å²) in [5, 5.41) is 9.00. The highest BCUT2D eigenvalue weighted by molar-refractivity contribution is 7.15. The van der Waals surface area contributed by atoms with Crippen LogP contribution >= 0.6 is 11.3 Å². The number of aromatic nitrogens is 3. The van der Waals surface area contributed by atoms with Crippen LogP contribution in [0.1, 0.15) is 21.7 Å². The maximum Gasteiger partial charge on any atom is 0.411 e. The van der Waals surface area contributed by atoms with E-state index in [1.54, 1.807) is 16.0 Å². The highest BCUT2D eigenvalue weighted by Gasteiger charge is 2.13. The molecule has 0 unspecified atom stereocenters. The predicted octanol–water partition coefficient (Wildman–Crippen LogP) is 5.37. The van der Waals surface area contributed by atoms with Crippen molar-refractivity contribution in [1.82, 2.24) is 14.8 Å². The highest BCUT2D eigenvalue weighted by Crippen LogP contribution is 2.31. The van der Waals surface area contributed by atoms with Gasteiger partial charge in [0, 0.05) is 29.9 Å². The molecule has 0 radical (unpaired) electrons. The Bertz CT molecular complexity index is 1210. The third kappa shape index (κ3) is 4.14. The van der Waals surface area contributed by atoms with Crippen molar-refractivity contribution >= 4 is 34.0 Å². The highest BCUT2D eigenvalue weighted by atomic mass is 32.1. The molecule has 2 aromatic heterocycles. The van der Waals surface area contributed by atoms with Gasteiger partial charge < -0.3 is 4.74 Å². The lowest BCUT2D eigenvalue weighted by atomic mass is 10.1. The van der Waals surface area contributed by atoms with Crippen molar-refractivity contribution in [1.29, 1.82) is 0 Å². The summed E-state index contributed by atoms with van der Waals surface area (Å²) in [5.74, 6) is 0. The number of fused-ring (bicyclic) bond motifs is 1. The van der Waals surface area contributed by atoms with Crippen LogP contribution in [0.3, 0.4) is 0 Å². The number of carbonyl (C=O) groups excluding carboxylic acids is 1. The van der Waals surface area contributed by atoms with E-state index >= 15 is 0 Å². The molecule has 0 aliphatic carbocycles. The number of hydrogen-bond acceptors (Lipinski definition) is 5. The van der Waals surface area contributed by atoms with E-state index in [2.05, 4.69) is 47.4 Å². The van der Waals surface area contributed by atoms with Crippen molar-refractivity contribution in [3.8, 4) is 10.6 Å². The van der Waals surface area contributed by atoms with Gasteiger partial charge in [-0.05, 0) is 44.5 Å². The Morgan fingerprint density at radius 1 is 1.17 bits per heavy atom. The topological polar surface area (TPSA) is 69.0 Å². The minimum atomic E-state index is -0.492. The fourth-order valence-electron chi connectivity index (χ4n) is 3.24. The normalized spacial score (nSPS) is 11.0. The summed E-state index contributed by atoms with van der Waals surface area (Å²) >= 11 is 1.56. The van der Waals surface area contributed by atoms with Crippen molar-refractivity contribution in [2.75, 3.05) is 5.32 Å². The summed E-state index contributed by atoms with van der Waals surface area (Å²) in [6.45, 7) is 6.29. The average Bonchev–Trinajstić information content (AvgIpc) is 3.21. The first-order valence-corrected chi connectivity index (χ1v) is 10.1. The van der Waals surface area contributed by atoms with Gasteiger partial charge in [-0.3, -0.25) is 10.00 Å². The molecule has 0 fully saturated rings. The van der Waals surface area contributed by atoms with Gasteiger partial charge >= 0.3 is 6.09 Å². The van der Waals surface area contributed by atoms with Crippen LogP contribution < -0.4 is 5.32 Å². The molecule has 1 amide bonds. The Hall–Kier alpha value is -3.19. The molecule has 2 heterocycles. The van der Waals surface area contributed by atoms with E-state index in [0.29, 0.717) is 5.69 Å². The quantitative estimate of drug-likeness (QED) is 0.495.